The van der Waals surface area contributed by atoms with Crippen molar-refractivity contribution in [1.82, 2.24) is 10.3 Å². The summed E-state index contributed by atoms with van der Waals surface area (Å²) in [5.74, 6) is 0. The molecule has 0 radical (unpaired) electrons. The van der Waals surface area contributed by atoms with E-state index in [0.29, 0.717) is 0 Å². The fourth-order valence-corrected chi connectivity index (χ4v) is 3.70. The molecule has 1 aromatic rings. The maximum absolute atomic E-state index is 4.86. The largest absolute Gasteiger partial charge is 0.308 e. The first-order valence-corrected chi connectivity index (χ1v) is 7.01. The lowest BCUT2D eigenvalue weighted by atomic mass is 9.93. The monoisotopic (exact) mass is 238 g/mol. The Labute approximate surface area is 102 Å². The van der Waals surface area contributed by atoms with Crippen LogP contribution in [0, 0.1) is 0 Å². The van der Waals surface area contributed by atoms with Crippen molar-refractivity contribution in [2.24, 2.45) is 0 Å². The van der Waals surface area contributed by atoms with Gasteiger partial charge in [-0.25, -0.2) is 4.98 Å². The second-order valence-electron chi connectivity index (χ2n) is 5.83. The zero-order valence-electron chi connectivity index (χ0n) is 10.8. The highest BCUT2D eigenvalue weighted by Crippen LogP contribution is 2.40. The third kappa shape index (κ3) is 2.03. The molecule has 1 N–H and O–H groups in total. The van der Waals surface area contributed by atoms with Crippen molar-refractivity contribution in [3.05, 3.63) is 16.1 Å². The first-order chi connectivity index (χ1) is 7.48. The van der Waals surface area contributed by atoms with E-state index in [4.69, 9.17) is 4.98 Å². The van der Waals surface area contributed by atoms with Crippen LogP contribution < -0.4 is 5.32 Å². The van der Waals surface area contributed by atoms with Crippen LogP contribution in [0.3, 0.4) is 0 Å². The molecule has 0 saturated heterocycles. The van der Waals surface area contributed by atoms with E-state index < -0.39 is 0 Å². The molecule has 0 spiro atoms. The first-order valence-electron chi connectivity index (χ1n) is 6.13. The average Bonchev–Trinajstić information content (AvgIpc) is 2.86. The van der Waals surface area contributed by atoms with Gasteiger partial charge in [-0.1, -0.05) is 33.6 Å². The fourth-order valence-electron chi connectivity index (χ4n) is 2.39. The number of nitrogens with zero attached hydrogens (tertiary/aromatic N) is 1. The molecule has 3 heteroatoms. The summed E-state index contributed by atoms with van der Waals surface area (Å²) < 4.78 is 0. The molecule has 0 amide bonds. The van der Waals surface area contributed by atoms with Gasteiger partial charge in [0.05, 0.1) is 11.2 Å². The zero-order valence-corrected chi connectivity index (χ0v) is 11.6. The topological polar surface area (TPSA) is 24.9 Å². The number of nitrogens with one attached hydrogen (secondary N) is 1. The Morgan fingerprint density at radius 2 is 1.94 bits per heavy atom. The van der Waals surface area contributed by atoms with Gasteiger partial charge in [0.2, 0.25) is 0 Å². The summed E-state index contributed by atoms with van der Waals surface area (Å²) >= 11 is 1.82. The molecule has 0 unspecified atom stereocenters. The summed E-state index contributed by atoms with van der Waals surface area (Å²) in [5.41, 5.74) is 1.57. The van der Waals surface area contributed by atoms with Gasteiger partial charge in [-0.2, -0.15) is 0 Å². The van der Waals surface area contributed by atoms with Crippen molar-refractivity contribution in [1.29, 1.82) is 0 Å². The van der Waals surface area contributed by atoms with Crippen LogP contribution in [0.25, 0.3) is 0 Å². The third-order valence-corrected chi connectivity index (χ3v) is 4.66. The molecule has 2 nitrogen and oxygen atoms in total. The SMILES string of the molecule is CNC1(c2nc(C(C)(C)C)cs2)CCCC1. The Morgan fingerprint density at radius 1 is 1.31 bits per heavy atom. The van der Waals surface area contributed by atoms with Gasteiger partial charge in [0.15, 0.2) is 0 Å². The molecular weight excluding hydrogens is 216 g/mol. The number of hydrogen-bond acceptors (Lipinski definition) is 3. The highest BCUT2D eigenvalue weighted by atomic mass is 32.1. The highest BCUT2D eigenvalue weighted by molar-refractivity contribution is 7.09. The molecular formula is C13H22N2S. The maximum atomic E-state index is 4.86. The van der Waals surface area contributed by atoms with Crippen molar-refractivity contribution in [3.8, 4) is 0 Å². The average molecular weight is 238 g/mol. The minimum absolute atomic E-state index is 0.169. The second-order valence-corrected chi connectivity index (χ2v) is 6.69. The molecule has 0 aromatic carbocycles. The van der Waals surface area contributed by atoms with Gasteiger partial charge in [0.25, 0.3) is 0 Å². The Bertz CT molecular complexity index is 356. The van der Waals surface area contributed by atoms with E-state index in [9.17, 15) is 0 Å². The second kappa shape index (κ2) is 4.11. The molecule has 90 valence electrons. The number of rotatable bonds is 2. The van der Waals surface area contributed by atoms with Gasteiger partial charge in [0, 0.05) is 10.8 Å². The van der Waals surface area contributed by atoms with Crippen molar-refractivity contribution < 1.29 is 0 Å². The molecule has 16 heavy (non-hydrogen) atoms. The molecule has 2 rings (SSSR count). The molecule has 0 bridgehead atoms. The molecule has 1 heterocycles. The van der Waals surface area contributed by atoms with Gasteiger partial charge < -0.3 is 5.32 Å². The van der Waals surface area contributed by atoms with Crippen LogP contribution in [0.2, 0.25) is 0 Å². The summed E-state index contributed by atoms with van der Waals surface area (Å²) in [4.78, 5) is 4.86. The van der Waals surface area contributed by atoms with Crippen LogP contribution in [0.15, 0.2) is 5.38 Å². The Morgan fingerprint density at radius 3 is 2.38 bits per heavy atom. The third-order valence-electron chi connectivity index (χ3n) is 3.62. The Hall–Kier alpha value is -0.410. The summed E-state index contributed by atoms with van der Waals surface area (Å²) in [6.45, 7) is 6.69. The smallest absolute Gasteiger partial charge is 0.113 e. The minimum atomic E-state index is 0.169. The number of hydrogen-bond donors (Lipinski definition) is 1. The van der Waals surface area contributed by atoms with Crippen molar-refractivity contribution in [3.63, 3.8) is 0 Å². The quantitative estimate of drug-likeness (QED) is 0.854. The van der Waals surface area contributed by atoms with Gasteiger partial charge >= 0.3 is 0 Å². The summed E-state index contributed by atoms with van der Waals surface area (Å²) in [6.07, 6.45) is 5.12. The lowest BCUT2D eigenvalue weighted by Gasteiger charge is -2.26. The Kier molecular flexibility index (Phi) is 3.10. The highest BCUT2D eigenvalue weighted by Gasteiger charge is 2.37. The van der Waals surface area contributed by atoms with Gasteiger partial charge in [-0.15, -0.1) is 11.3 Å². The normalized spacial score (nSPS) is 20.2. The standard InChI is InChI=1S/C13H22N2S/c1-12(2,3)10-9-16-11(15-10)13(14-4)7-5-6-8-13/h9,14H,5-8H2,1-4H3. The van der Waals surface area contributed by atoms with Crippen LogP contribution in [0.1, 0.15) is 57.2 Å². The van der Waals surface area contributed by atoms with E-state index in [-0.39, 0.29) is 11.0 Å². The van der Waals surface area contributed by atoms with E-state index in [1.165, 1.54) is 36.4 Å². The summed E-state index contributed by atoms with van der Waals surface area (Å²) in [7, 11) is 2.07. The van der Waals surface area contributed by atoms with Crippen molar-refractivity contribution in [2.45, 2.75) is 57.4 Å². The predicted octanol–water partition coefficient (Wildman–Crippen LogP) is 3.43. The molecule has 0 atom stereocenters. The van der Waals surface area contributed by atoms with Crippen molar-refractivity contribution in [2.75, 3.05) is 7.05 Å². The van der Waals surface area contributed by atoms with E-state index >= 15 is 0 Å². The van der Waals surface area contributed by atoms with Crippen LogP contribution >= 0.6 is 11.3 Å². The van der Waals surface area contributed by atoms with Crippen LogP contribution in [0.4, 0.5) is 0 Å². The van der Waals surface area contributed by atoms with E-state index in [2.05, 4.69) is 38.5 Å². The Balaban J connectivity index is 2.30. The summed E-state index contributed by atoms with van der Waals surface area (Å²) in [5, 5.41) is 7.02. The lowest BCUT2D eigenvalue weighted by molar-refractivity contribution is 0.368. The van der Waals surface area contributed by atoms with E-state index in [1.54, 1.807) is 0 Å². The van der Waals surface area contributed by atoms with Crippen molar-refractivity contribution >= 4 is 11.3 Å². The van der Waals surface area contributed by atoms with Crippen LogP contribution in [-0.2, 0) is 11.0 Å². The lowest BCUT2D eigenvalue weighted by Crippen LogP contribution is -2.37. The van der Waals surface area contributed by atoms with E-state index in [1.807, 2.05) is 11.3 Å². The fraction of sp³-hybridized carbons (Fsp3) is 0.769. The molecule has 1 fully saturated rings. The zero-order chi connectivity index (χ0) is 11.8. The molecule has 1 saturated carbocycles. The van der Waals surface area contributed by atoms with Gasteiger partial charge in [-0.05, 0) is 19.9 Å². The van der Waals surface area contributed by atoms with E-state index in [0.717, 1.165) is 0 Å². The molecule has 0 aliphatic heterocycles. The number of aromatic nitrogens is 1. The molecule has 1 aromatic heterocycles. The van der Waals surface area contributed by atoms with Crippen LogP contribution in [-0.4, -0.2) is 12.0 Å². The predicted molar refractivity (Wildman–Crippen MR) is 70.0 cm³/mol. The molecule has 1 aliphatic rings. The number of thiazole rings is 1. The van der Waals surface area contributed by atoms with Crippen LogP contribution in [0.5, 0.6) is 0 Å². The summed E-state index contributed by atoms with van der Waals surface area (Å²) in [6, 6.07) is 0. The first kappa shape index (κ1) is 12.1. The van der Waals surface area contributed by atoms with Gasteiger partial charge in [-0.3, -0.25) is 0 Å². The minimum Gasteiger partial charge on any atom is -0.308 e. The molecule has 1 aliphatic carbocycles. The van der Waals surface area contributed by atoms with Gasteiger partial charge in [0.1, 0.15) is 5.01 Å². The maximum Gasteiger partial charge on any atom is 0.113 e.